The van der Waals surface area contributed by atoms with E-state index in [9.17, 15) is 9.59 Å². The largest absolute Gasteiger partial charge is 0.467 e. The van der Waals surface area contributed by atoms with Crippen LogP contribution in [0.3, 0.4) is 0 Å². The summed E-state index contributed by atoms with van der Waals surface area (Å²) in [4.78, 5) is 24.4. The molecule has 2 aromatic rings. The maximum atomic E-state index is 12.3. The first-order valence-corrected chi connectivity index (χ1v) is 6.42. The molecule has 0 aliphatic heterocycles. The first-order chi connectivity index (χ1) is 11.0. The summed E-state index contributed by atoms with van der Waals surface area (Å²) in [5.74, 6) is -1.61. The summed E-state index contributed by atoms with van der Waals surface area (Å²) in [6.45, 7) is 0. The zero-order valence-corrected chi connectivity index (χ0v) is 11.6. The van der Waals surface area contributed by atoms with Gasteiger partial charge in [0.25, 0.3) is 5.91 Å². The Bertz CT molecular complexity index is 679. The minimum Gasteiger partial charge on any atom is -0.467 e. The lowest BCUT2D eigenvalue weighted by Crippen LogP contribution is -2.43. The molecule has 108 valence electrons. The molecule has 2 rings (SSSR count). The standard InChI is InChI=1S/C17H17NO3/c1-21-17(20)15(12-13-8-4-2-5-9-13)18-16(19)14-10-6-3-7-11-14/h2-11,15H,12H2,1H3,(H,18,19)/t15-/m1/s1/i12D,15D/t12-,15-. The van der Waals surface area contributed by atoms with E-state index in [0.717, 1.165) is 7.11 Å². The first kappa shape index (κ1) is 12.1. The molecule has 1 amide bonds. The van der Waals surface area contributed by atoms with Crippen molar-refractivity contribution in [3.63, 3.8) is 0 Å². The molecule has 0 saturated carbocycles. The third-order valence-corrected chi connectivity index (χ3v) is 2.80. The van der Waals surface area contributed by atoms with Crippen LogP contribution in [0.4, 0.5) is 0 Å². The molecule has 4 heteroatoms. The fourth-order valence-corrected chi connectivity index (χ4v) is 1.76. The highest BCUT2D eigenvalue weighted by atomic mass is 16.5. The molecule has 0 aromatic heterocycles. The van der Waals surface area contributed by atoms with Gasteiger partial charge in [0.15, 0.2) is 0 Å². The van der Waals surface area contributed by atoms with Gasteiger partial charge in [-0.1, -0.05) is 48.5 Å². The highest BCUT2D eigenvalue weighted by Crippen LogP contribution is 2.06. The van der Waals surface area contributed by atoms with Crippen LogP contribution in [0.15, 0.2) is 60.7 Å². The van der Waals surface area contributed by atoms with Crippen LogP contribution in [0.1, 0.15) is 18.7 Å². The van der Waals surface area contributed by atoms with Crippen LogP contribution >= 0.6 is 0 Å². The average Bonchev–Trinajstić information content (AvgIpc) is 2.61. The number of hydrogen-bond acceptors (Lipinski definition) is 3. The van der Waals surface area contributed by atoms with Crippen molar-refractivity contribution in [2.24, 2.45) is 0 Å². The molecule has 0 saturated heterocycles. The van der Waals surface area contributed by atoms with E-state index in [4.69, 9.17) is 2.74 Å². The SMILES string of the molecule is [2H][C@H](c1ccccc1)[C@@]([2H])(NC(=O)c1ccccc1)C(=O)OC. The van der Waals surface area contributed by atoms with Crippen molar-refractivity contribution in [1.82, 2.24) is 5.32 Å². The van der Waals surface area contributed by atoms with E-state index in [1.807, 2.05) is 0 Å². The minimum absolute atomic E-state index is 0.299. The lowest BCUT2D eigenvalue weighted by atomic mass is 10.1. The van der Waals surface area contributed by atoms with Crippen LogP contribution in [0.2, 0.25) is 0 Å². The smallest absolute Gasteiger partial charge is 0.328 e. The Kier molecular flexibility index (Phi) is 4.19. The Morgan fingerprint density at radius 2 is 1.71 bits per heavy atom. The summed E-state index contributed by atoms with van der Waals surface area (Å²) in [5.41, 5.74) is 0.731. The average molecular weight is 285 g/mol. The van der Waals surface area contributed by atoms with Gasteiger partial charge in [-0.3, -0.25) is 4.79 Å². The van der Waals surface area contributed by atoms with Crippen LogP contribution < -0.4 is 5.32 Å². The van der Waals surface area contributed by atoms with Crippen LogP contribution in [-0.4, -0.2) is 25.0 Å². The zero-order valence-electron chi connectivity index (χ0n) is 13.6. The van der Waals surface area contributed by atoms with Gasteiger partial charge in [0.1, 0.15) is 6.02 Å². The van der Waals surface area contributed by atoms with Crippen molar-refractivity contribution in [3.8, 4) is 0 Å². The summed E-state index contributed by atoms with van der Waals surface area (Å²) in [5, 5.41) is 2.32. The molecule has 0 bridgehead atoms. The van der Waals surface area contributed by atoms with Crippen molar-refractivity contribution in [2.45, 2.75) is 12.4 Å². The number of nitrogens with one attached hydrogen (secondary N) is 1. The van der Waals surface area contributed by atoms with Gasteiger partial charge in [0.2, 0.25) is 0 Å². The van der Waals surface area contributed by atoms with Gasteiger partial charge in [-0.25, -0.2) is 4.79 Å². The van der Waals surface area contributed by atoms with Gasteiger partial charge < -0.3 is 10.1 Å². The van der Waals surface area contributed by atoms with E-state index in [1.165, 1.54) is 0 Å². The molecule has 2 aromatic carbocycles. The lowest BCUT2D eigenvalue weighted by Gasteiger charge is -2.16. The molecule has 0 aliphatic rings. The normalized spacial score (nSPS) is 15.9. The van der Waals surface area contributed by atoms with Crippen molar-refractivity contribution in [1.29, 1.82) is 0 Å². The summed E-state index contributed by atoms with van der Waals surface area (Å²) in [6.07, 6.45) is -1.33. The maximum Gasteiger partial charge on any atom is 0.328 e. The highest BCUT2D eigenvalue weighted by molar-refractivity contribution is 5.96. The molecule has 0 fully saturated rings. The summed E-state index contributed by atoms with van der Waals surface area (Å²) < 4.78 is 21.2. The molecule has 21 heavy (non-hydrogen) atoms. The van der Waals surface area contributed by atoms with Crippen LogP contribution in [0, 0.1) is 0 Å². The molecule has 2 atom stereocenters. The fraction of sp³-hybridized carbons (Fsp3) is 0.176. The van der Waals surface area contributed by atoms with E-state index in [0.29, 0.717) is 11.1 Å². The third kappa shape index (κ3) is 4.18. The minimum atomic E-state index is -2.25. The number of esters is 1. The number of amides is 1. The van der Waals surface area contributed by atoms with E-state index in [1.54, 1.807) is 60.7 Å². The zero-order chi connectivity index (χ0) is 16.9. The summed E-state index contributed by atoms with van der Waals surface area (Å²) in [6, 6.07) is 14.4. The van der Waals surface area contributed by atoms with Gasteiger partial charge in [0.05, 0.1) is 8.48 Å². The maximum absolute atomic E-state index is 12.3. The van der Waals surface area contributed by atoms with Crippen LogP contribution in [-0.2, 0) is 15.9 Å². The number of hydrogen-bond donors (Lipinski definition) is 1. The fourth-order valence-electron chi connectivity index (χ4n) is 1.76. The van der Waals surface area contributed by atoms with Crippen LogP contribution in [0.5, 0.6) is 0 Å². The quantitative estimate of drug-likeness (QED) is 0.857. The Labute approximate surface area is 126 Å². The Hall–Kier alpha value is -2.62. The summed E-state index contributed by atoms with van der Waals surface area (Å²) >= 11 is 0. The number of carbonyl (C=O) groups excluding carboxylic acids is 2. The number of benzene rings is 2. The second-order valence-corrected chi connectivity index (χ2v) is 4.28. The van der Waals surface area contributed by atoms with E-state index < -0.39 is 24.3 Å². The van der Waals surface area contributed by atoms with Gasteiger partial charge in [-0.05, 0) is 17.7 Å². The molecular formula is C17H17NO3. The number of carbonyl (C=O) groups is 2. The second-order valence-electron chi connectivity index (χ2n) is 4.28. The topological polar surface area (TPSA) is 55.4 Å². The molecule has 0 spiro atoms. The Morgan fingerprint density at radius 3 is 2.29 bits per heavy atom. The summed E-state index contributed by atoms with van der Waals surface area (Å²) in [7, 11) is 1.12. The van der Waals surface area contributed by atoms with Gasteiger partial charge in [-0.15, -0.1) is 0 Å². The number of ether oxygens (including phenoxy) is 1. The molecule has 0 radical (unpaired) electrons. The van der Waals surface area contributed by atoms with Crippen molar-refractivity contribution >= 4 is 11.9 Å². The molecule has 0 unspecified atom stereocenters. The monoisotopic (exact) mass is 285 g/mol. The van der Waals surface area contributed by atoms with Gasteiger partial charge in [-0.2, -0.15) is 0 Å². The molecular weight excluding hydrogens is 266 g/mol. The number of methoxy groups -OCH3 is 1. The van der Waals surface area contributed by atoms with Crippen molar-refractivity contribution < 1.29 is 17.1 Å². The number of rotatable bonds is 5. The van der Waals surface area contributed by atoms with Gasteiger partial charge in [0, 0.05) is 13.3 Å². The van der Waals surface area contributed by atoms with Crippen molar-refractivity contribution in [3.05, 3.63) is 71.8 Å². The van der Waals surface area contributed by atoms with Gasteiger partial charge >= 0.3 is 5.97 Å². The highest BCUT2D eigenvalue weighted by Gasteiger charge is 2.22. The Balaban J connectivity index is 2.32. The van der Waals surface area contributed by atoms with E-state index in [2.05, 4.69) is 10.1 Å². The molecule has 0 heterocycles. The lowest BCUT2D eigenvalue weighted by molar-refractivity contribution is -0.142. The van der Waals surface area contributed by atoms with E-state index >= 15 is 0 Å². The third-order valence-electron chi connectivity index (χ3n) is 2.80. The second kappa shape index (κ2) is 7.24. The van der Waals surface area contributed by atoms with Crippen LogP contribution in [0.25, 0.3) is 0 Å². The predicted molar refractivity (Wildman–Crippen MR) is 79.9 cm³/mol. The van der Waals surface area contributed by atoms with E-state index in [-0.39, 0.29) is 0 Å². The Morgan fingerprint density at radius 1 is 1.14 bits per heavy atom. The molecule has 4 nitrogen and oxygen atoms in total. The predicted octanol–water partition coefficient (Wildman–Crippen LogP) is 2.20. The van der Waals surface area contributed by atoms with Crippen molar-refractivity contribution in [2.75, 3.05) is 7.11 Å². The first-order valence-electron chi connectivity index (χ1n) is 7.50. The molecule has 1 N–H and O–H groups in total. The molecule has 0 aliphatic carbocycles.